The van der Waals surface area contributed by atoms with Crippen molar-refractivity contribution in [2.75, 3.05) is 13.1 Å². The number of rotatable bonds is 10. The number of aryl methyl sites for hydroxylation is 1. The molecule has 1 heterocycles. The lowest BCUT2D eigenvalue weighted by Crippen LogP contribution is -2.47. The summed E-state index contributed by atoms with van der Waals surface area (Å²) < 4.78 is 0. The lowest BCUT2D eigenvalue weighted by atomic mass is 9.97. The Morgan fingerprint density at radius 1 is 1.33 bits per heavy atom. The Morgan fingerprint density at radius 3 is 2.67 bits per heavy atom. The van der Waals surface area contributed by atoms with E-state index in [2.05, 4.69) is 78.9 Å². The van der Waals surface area contributed by atoms with Gasteiger partial charge in [0.1, 0.15) is 6.17 Å². The summed E-state index contributed by atoms with van der Waals surface area (Å²) in [5.41, 5.74) is 5.59. The second kappa shape index (κ2) is 11.5. The molecule has 0 saturated heterocycles. The van der Waals surface area contributed by atoms with Crippen LogP contribution in [0.15, 0.2) is 46.3 Å². The first-order valence-electron chi connectivity index (χ1n) is 10.7. The van der Waals surface area contributed by atoms with Crippen molar-refractivity contribution in [2.45, 2.75) is 59.3 Å². The first-order chi connectivity index (χ1) is 14.5. The fraction of sp³-hybridized carbons (Fsp3) is 0.458. The Labute approximate surface area is 181 Å². The highest BCUT2D eigenvalue weighted by molar-refractivity contribution is 6.08. The van der Waals surface area contributed by atoms with Gasteiger partial charge in [0, 0.05) is 38.3 Å². The van der Waals surface area contributed by atoms with Crippen molar-refractivity contribution in [2.24, 2.45) is 10.1 Å². The zero-order valence-electron chi connectivity index (χ0n) is 18.9. The first-order valence-corrected chi connectivity index (χ1v) is 10.7. The summed E-state index contributed by atoms with van der Waals surface area (Å²) in [7, 11) is 0. The van der Waals surface area contributed by atoms with Crippen LogP contribution in [0.4, 0.5) is 0 Å². The molecule has 0 aromatic heterocycles. The smallest absolute Gasteiger partial charge is 0.141 e. The minimum atomic E-state index is -0.167. The van der Waals surface area contributed by atoms with Crippen LogP contribution in [0.3, 0.4) is 0 Å². The van der Waals surface area contributed by atoms with Crippen LogP contribution in [0.1, 0.15) is 50.8 Å². The largest absolute Gasteiger partial charge is 0.371 e. The zero-order chi connectivity index (χ0) is 22.1. The van der Waals surface area contributed by atoms with Crippen molar-refractivity contribution in [3.05, 3.63) is 52.9 Å². The summed E-state index contributed by atoms with van der Waals surface area (Å²) >= 11 is 0. The van der Waals surface area contributed by atoms with Crippen molar-refractivity contribution in [3.8, 4) is 0 Å². The predicted molar refractivity (Wildman–Crippen MR) is 129 cm³/mol. The van der Waals surface area contributed by atoms with Crippen molar-refractivity contribution in [1.82, 2.24) is 15.2 Å². The molecule has 6 nitrogen and oxygen atoms in total. The summed E-state index contributed by atoms with van der Waals surface area (Å²) in [5, 5.41) is 17.2. The highest BCUT2D eigenvalue weighted by Gasteiger charge is 2.23. The highest BCUT2D eigenvalue weighted by Crippen LogP contribution is 2.24. The fourth-order valence-electron chi connectivity index (χ4n) is 3.86. The number of hydrogen-bond acceptors (Lipinski definition) is 6. The van der Waals surface area contributed by atoms with E-state index in [-0.39, 0.29) is 12.2 Å². The van der Waals surface area contributed by atoms with E-state index in [0.29, 0.717) is 0 Å². The maximum absolute atomic E-state index is 7.62. The SMILES string of the molecule is C=N/C(=C\N1CCCc2cc(/C(C=N)=C/C)ccc2C1)C(NCC)N(N=C)C(C)C. The Hall–Kier alpha value is -2.73. The molecular weight excluding hydrogens is 372 g/mol. The van der Waals surface area contributed by atoms with Gasteiger partial charge in [-0.05, 0) is 69.1 Å². The van der Waals surface area contributed by atoms with Gasteiger partial charge < -0.3 is 10.3 Å². The number of allylic oxidation sites excluding steroid dienone is 2. The molecule has 0 amide bonds. The number of nitrogens with zero attached hydrogens (tertiary/aromatic N) is 4. The average molecular weight is 409 g/mol. The number of hydrogen-bond donors (Lipinski definition) is 2. The van der Waals surface area contributed by atoms with Gasteiger partial charge in [-0.2, -0.15) is 5.10 Å². The van der Waals surface area contributed by atoms with Crippen molar-refractivity contribution in [1.29, 1.82) is 5.41 Å². The second-order valence-electron chi connectivity index (χ2n) is 7.73. The molecule has 162 valence electrons. The molecule has 0 fully saturated rings. The zero-order valence-corrected chi connectivity index (χ0v) is 18.9. The van der Waals surface area contributed by atoms with E-state index < -0.39 is 0 Å². The Morgan fingerprint density at radius 2 is 2.10 bits per heavy atom. The van der Waals surface area contributed by atoms with Gasteiger partial charge in [0.25, 0.3) is 0 Å². The molecule has 0 radical (unpaired) electrons. The van der Waals surface area contributed by atoms with E-state index in [1.807, 2.05) is 18.0 Å². The van der Waals surface area contributed by atoms with Gasteiger partial charge in [0.05, 0.1) is 5.70 Å². The van der Waals surface area contributed by atoms with Gasteiger partial charge in [0.15, 0.2) is 0 Å². The second-order valence-corrected chi connectivity index (χ2v) is 7.73. The summed E-state index contributed by atoms with van der Waals surface area (Å²) in [5.74, 6) is 0. The summed E-state index contributed by atoms with van der Waals surface area (Å²) in [6.07, 6.45) is 7.44. The molecule has 2 rings (SSSR count). The molecule has 1 unspecified atom stereocenters. The highest BCUT2D eigenvalue weighted by atomic mass is 15.5. The summed E-state index contributed by atoms with van der Waals surface area (Å²) in [4.78, 5) is 6.66. The molecule has 2 N–H and O–H groups in total. The van der Waals surface area contributed by atoms with Crippen LogP contribution in [0.25, 0.3) is 5.57 Å². The Balaban J connectivity index is 2.32. The van der Waals surface area contributed by atoms with E-state index in [9.17, 15) is 0 Å². The molecule has 30 heavy (non-hydrogen) atoms. The van der Waals surface area contributed by atoms with Gasteiger partial charge in [-0.15, -0.1) is 0 Å². The fourth-order valence-corrected chi connectivity index (χ4v) is 3.86. The number of hydrazone groups is 1. The molecule has 0 aliphatic carbocycles. The number of fused-ring (bicyclic) bond motifs is 1. The van der Waals surface area contributed by atoms with Crippen LogP contribution in [0.5, 0.6) is 0 Å². The standard InChI is InChI=1S/C24H36N6/c1-7-19(15-25)21-11-12-22-16-29(13-9-10-20(22)14-21)17-23(26-5)24(28-8-2)30(27-6)18(3)4/h7,11-12,14-15,17-18,24-25,28H,5-6,8-10,13,16H2,1-4H3/b19-7+,23-17-,25-15?. The summed E-state index contributed by atoms with van der Waals surface area (Å²) in [6.45, 7) is 18.4. The van der Waals surface area contributed by atoms with Gasteiger partial charge >= 0.3 is 0 Å². The predicted octanol–water partition coefficient (Wildman–Crippen LogP) is 4.29. The van der Waals surface area contributed by atoms with Crippen molar-refractivity contribution in [3.63, 3.8) is 0 Å². The van der Waals surface area contributed by atoms with Gasteiger partial charge in [-0.3, -0.25) is 15.3 Å². The molecule has 0 saturated carbocycles. The topological polar surface area (TPSA) is 67.1 Å². The average Bonchev–Trinajstić information content (AvgIpc) is 2.94. The minimum Gasteiger partial charge on any atom is -0.371 e. The maximum Gasteiger partial charge on any atom is 0.141 e. The van der Waals surface area contributed by atoms with Crippen LogP contribution in [-0.4, -0.2) is 54.9 Å². The lowest BCUT2D eigenvalue weighted by Gasteiger charge is -2.33. The third-order valence-corrected chi connectivity index (χ3v) is 5.40. The van der Waals surface area contributed by atoms with Crippen LogP contribution in [0.2, 0.25) is 0 Å². The van der Waals surface area contributed by atoms with Gasteiger partial charge in [0.2, 0.25) is 0 Å². The van der Waals surface area contributed by atoms with E-state index in [4.69, 9.17) is 5.41 Å². The molecule has 0 bridgehead atoms. The molecule has 1 atom stereocenters. The number of aliphatic imine (C=N–C) groups is 1. The van der Waals surface area contributed by atoms with Crippen molar-refractivity contribution >= 4 is 25.2 Å². The van der Waals surface area contributed by atoms with E-state index in [1.165, 1.54) is 17.3 Å². The Kier molecular flexibility index (Phi) is 8.99. The van der Waals surface area contributed by atoms with E-state index in [0.717, 1.165) is 49.3 Å². The van der Waals surface area contributed by atoms with Crippen LogP contribution in [-0.2, 0) is 13.0 Å². The molecule has 1 aromatic carbocycles. The van der Waals surface area contributed by atoms with Crippen molar-refractivity contribution < 1.29 is 0 Å². The summed E-state index contributed by atoms with van der Waals surface area (Å²) in [6, 6.07) is 6.73. The number of likely N-dealkylation sites (N-methyl/N-ethyl adjacent to an activating group) is 1. The minimum absolute atomic E-state index is 0.167. The lowest BCUT2D eigenvalue weighted by molar-refractivity contribution is 0.156. The first kappa shape index (κ1) is 23.5. The molecule has 6 heteroatoms. The molecule has 0 spiro atoms. The number of benzene rings is 1. The third-order valence-electron chi connectivity index (χ3n) is 5.40. The monoisotopic (exact) mass is 408 g/mol. The van der Waals surface area contributed by atoms with E-state index >= 15 is 0 Å². The van der Waals surface area contributed by atoms with E-state index in [1.54, 1.807) is 0 Å². The van der Waals surface area contributed by atoms with Crippen LogP contribution in [0, 0.1) is 5.41 Å². The third kappa shape index (κ3) is 5.66. The van der Waals surface area contributed by atoms with Gasteiger partial charge in [-0.1, -0.05) is 31.2 Å². The maximum atomic E-state index is 7.62. The van der Waals surface area contributed by atoms with Crippen LogP contribution >= 0.6 is 0 Å². The van der Waals surface area contributed by atoms with Crippen LogP contribution < -0.4 is 5.32 Å². The molecule has 1 aliphatic rings. The Bertz CT molecular complexity index is 808. The molecule has 1 aromatic rings. The molecular formula is C24H36N6. The van der Waals surface area contributed by atoms with Gasteiger partial charge in [-0.25, -0.2) is 0 Å². The normalized spacial score (nSPS) is 16.0. The number of nitrogens with one attached hydrogen (secondary N) is 2. The quantitative estimate of drug-likeness (QED) is 0.345. The molecule has 1 aliphatic heterocycles.